The number of nitrogens with two attached hydrogens (primary N) is 1. The van der Waals surface area contributed by atoms with Crippen molar-refractivity contribution < 1.29 is 9.72 Å². The Morgan fingerprint density at radius 3 is 2.27 bits per heavy atom. The van der Waals surface area contributed by atoms with Crippen LogP contribution in [0.3, 0.4) is 0 Å². The summed E-state index contributed by atoms with van der Waals surface area (Å²) < 4.78 is 0. The smallest absolute Gasteiger partial charge is 0.292 e. The molecule has 33 heavy (non-hydrogen) atoms. The fourth-order valence-corrected chi connectivity index (χ4v) is 5.15. The lowest BCUT2D eigenvalue weighted by molar-refractivity contribution is -0.384. The van der Waals surface area contributed by atoms with Gasteiger partial charge in [0.1, 0.15) is 5.69 Å². The maximum absolute atomic E-state index is 12.9. The summed E-state index contributed by atoms with van der Waals surface area (Å²) in [4.78, 5) is 26.6. The predicted octanol–water partition coefficient (Wildman–Crippen LogP) is 5.33. The Balaban J connectivity index is 2.28. The third-order valence-corrected chi connectivity index (χ3v) is 7.05. The zero-order valence-corrected chi connectivity index (χ0v) is 21.2. The Morgan fingerprint density at radius 1 is 1.15 bits per heavy atom. The van der Waals surface area contributed by atoms with Crippen LogP contribution in [0.25, 0.3) is 0 Å². The van der Waals surface area contributed by atoms with E-state index >= 15 is 0 Å². The van der Waals surface area contributed by atoms with Crippen LogP contribution in [0.1, 0.15) is 78.7 Å². The van der Waals surface area contributed by atoms with Gasteiger partial charge in [0.05, 0.1) is 10.3 Å². The molecule has 1 unspecified atom stereocenters. The molecule has 1 aliphatic heterocycles. The van der Waals surface area contributed by atoms with Crippen LogP contribution in [0.5, 0.6) is 0 Å². The average molecular weight is 461 g/mol. The van der Waals surface area contributed by atoms with Crippen molar-refractivity contribution >= 4 is 17.3 Å². The Kier molecular flexibility index (Phi) is 10.1. The van der Waals surface area contributed by atoms with E-state index in [2.05, 4.69) is 37.9 Å². The number of nitro benzene ring substituents is 1. The maximum Gasteiger partial charge on any atom is 0.292 e. The van der Waals surface area contributed by atoms with Gasteiger partial charge in [-0.15, -0.1) is 0 Å². The van der Waals surface area contributed by atoms with Gasteiger partial charge in [0.15, 0.2) is 0 Å². The highest BCUT2D eigenvalue weighted by Gasteiger charge is 2.42. The summed E-state index contributed by atoms with van der Waals surface area (Å²) in [5, 5.41) is 15.0. The van der Waals surface area contributed by atoms with Crippen LogP contribution in [0, 0.1) is 27.9 Å². The van der Waals surface area contributed by atoms with Crippen LogP contribution >= 0.6 is 0 Å². The first-order valence-electron chi connectivity index (χ1n) is 12.6. The van der Waals surface area contributed by atoms with Gasteiger partial charge in [-0.2, -0.15) is 0 Å². The highest BCUT2D eigenvalue weighted by atomic mass is 16.6. The van der Waals surface area contributed by atoms with Gasteiger partial charge in [0.25, 0.3) is 5.69 Å². The second kappa shape index (κ2) is 12.4. The quantitative estimate of drug-likeness (QED) is 0.235. The number of piperidine rings is 1. The summed E-state index contributed by atoms with van der Waals surface area (Å²) in [5.41, 5.74) is 6.37. The molecule has 0 spiro atoms. The van der Waals surface area contributed by atoms with Crippen molar-refractivity contribution in [2.24, 2.45) is 23.5 Å². The van der Waals surface area contributed by atoms with Gasteiger partial charge >= 0.3 is 0 Å². The molecule has 1 atom stereocenters. The second-order valence-corrected chi connectivity index (χ2v) is 10.7. The Hall–Kier alpha value is -2.15. The van der Waals surface area contributed by atoms with Crippen molar-refractivity contribution in [2.45, 2.75) is 78.6 Å². The van der Waals surface area contributed by atoms with Gasteiger partial charge in [-0.25, -0.2) is 0 Å². The predicted molar refractivity (Wildman–Crippen MR) is 135 cm³/mol. The maximum atomic E-state index is 12.9. The number of likely N-dealkylation sites (tertiary alicyclic amines) is 1. The average Bonchev–Trinajstić information content (AvgIpc) is 2.75. The summed E-state index contributed by atoms with van der Waals surface area (Å²) in [6, 6.07) is 5.03. The van der Waals surface area contributed by atoms with Crippen molar-refractivity contribution in [3.05, 3.63) is 33.9 Å². The molecule has 1 saturated heterocycles. The second-order valence-electron chi connectivity index (χ2n) is 10.7. The zero-order valence-electron chi connectivity index (χ0n) is 21.2. The summed E-state index contributed by atoms with van der Waals surface area (Å²) in [6.07, 6.45) is 6.46. The van der Waals surface area contributed by atoms with E-state index in [1.807, 2.05) is 6.92 Å². The molecule has 0 radical (unpaired) electrons. The molecule has 1 heterocycles. The molecule has 7 nitrogen and oxygen atoms in total. The fourth-order valence-electron chi connectivity index (χ4n) is 5.15. The highest BCUT2D eigenvalue weighted by Crippen LogP contribution is 2.42. The molecular formula is C26H44N4O3. The van der Waals surface area contributed by atoms with E-state index in [9.17, 15) is 14.9 Å². The number of amides is 1. The minimum atomic E-state index is -0.895. The minimum Gasteiger partial charge on any atom is -0.379 e. The number of nitro groups is 1. The van der Waals surface area contributed by atoms with Crippen molar-refractivity contribution in [3.8, 4) is 0 Å². The standard InChI is InChI=1S/C26H44N4O3/c1-19(2)16-22(17-20(3)4)26(5,25(27)31)21-10-11-24(30(32)33)23(18-21)28-12-9-15-29-13-7-6-8-14-29/h10-11,18-20,22,28H,6-9,12-17H2,1-5H3,(H2,27,31). The Morgan fingerprint density at radius 2 is 1.76 bits per heavy atom. The number of primary amides is 1. The number of rotatable bonds is 13. The van der Waals surface area contributed by atoms with E-state index in [1.54, 1.807) is 12.1 Å². The summed E-state index contributed by atoms with van der Waals surface area (Å²) in [6.45, 7) is 14.4. The number of hydrogen-bond acceptors (Lipinski definition) is 5. The van der Waals surface area contributed by atoms with Gasteiger partial charge in [0, 0.05) is 12.6 Å². The van der Waals surface area contributed by atoms with E-state index in [-0.39, 0.29) is 22.4 Å². The number of carbonyl (C=O) groups is 1. The molecule has 1 amide bonds. The fraction of sp³-hybridized carbons (Fsp3) is 0.731. The molecule has 3 N–H and O–H groups in total. The highest BCUT2D eigenvalue weighted by molar-refractivity contribution is 5.87. The number of carbonyl (C=O) groups excluding carboxylic acids is 1. The third-order valence-electron chi connectivity index (χ3n) is 7.05. The van der Waals surface area contributed by atoms with E-state index in [4.69, 9.17) is 5.73 Å². The van der Waals surface area contributed by atoms with E-state index in [0.29, 0.717) is 24.1 Å². The number of hydrogen-bond donors (Lipinski definition) is 2. The topological polar surface area (TPSA) is 102 Å². The van der Waals surface area contributed by atoms with Gasteiger partial charge in [-0.1, -0.05) is 40.2 Å². The molecule has 0 aromatic heterocycles. The summed E-state index contributed by atoms with van der Waals surface area (Å²) in [5.74, 6) is 0.512. The monoisotopic (exact) mass is 460 g/mol. The lowest BCUT2D eigenvalue weighted by atomic mass is 9.65. The molecule has 0 saturated carbocycles. The van der Waals surface area contributed by atoms with Crippen LogP contribution in [0.4, 0.5) is 11.4 Å². The molecular weight excluding hydrogens is 416 g/mol. The van der Waals surface area contributed by atoms with Gasteiger partial charge in [0.2, 0.25) is 5.91 Å². The first-order valence-corrected chi connectivity index (χ1v) is 12.6. The van der Waals surface area contributed by atoms with Crippen LogP contribution in [0.2, 0.25) is 0 Å². The molecule has 186 valence electrons. The minimum absolute atomic E-state index is 0.0350. The number of nitrogens with one attached hydrogen (secondary N) is 1. The normalized spacial score (nSPS) is 16.8. The van der Waals surface area contributed by atoms with Crippen molar-refractivity contribution in [1.82, 2.24) is 4.90 Å². The molecule has 7 heteroatoms. The number of nitrogens with zero attached hydrogens (tertiary/aromatic N) is 2. The molecule has 1 aliphatic rings. The largest absolute Gasteiger partial charge is 0.379 e. The van der Waals surface area contributed by atoms with Crippen molar-refractivity contribution in [1.29, 1.82) is 0 Å². The van der Waals surface area contributed by atoms with Gasteiger partial charge in [-0.3, -0.25) is 14.9 Å². The lowest BCUT2D eigenvalue weighted by Crippen LogP contribution is -2.46. The molecule has 1 aromatic rings. The molecule has 0 aliphatic carbocycles. The molecule has 1 fully saturated rings. The number of benzene rings is 1. The van der Waals surface area contributed by atoms with Crippen LogP contribution in [0.15, 0.2) is 18.2 Å². The summed E-state index contributed by atoms with van der Waals surface area (Å²) >= 11 is 0. The molecule has 0 bridgehead atoms. The molecule has 2 rings (SSSR count). The van der Waals surface area contributed by atoms with Crippen LogP contribution in [-0.2, 0) is 10.2 Å². The van der Waals surface area contributed by atoms with E-state index < -0.39 is 5.41 Å². The molecule has 1 aromatic carbocycles. The van der Waals surface area contributed by atoms with Crippen LogP contribution < -0.4 is 11.1 Å². The van der Waals surface area contributed by atoms with Crippen molar-refractivity contribution in [3.63, 3.8) is 0 Å². The number of anilines is 1. The first-order chi connectivity index (χ1) is 15.6. The van der Waals surface area contributed by atoms with Gasteiger partial charge < -0.3 is 16.0 Å². The van der Waals surface area contributed by atoms with E-state index in [1.165, 1.54) is 25.3 Å². The third kappa shape index (κ3) is 7.42. The lowest BCUT2D eigenvalue weighted by Gasteiger charge is -2.38. The van der Waals surface area contributed by atoms with Crippen molar-refractivity contribution in [2.75, 3.05) is 31.5 Å². The zero-order chi connectivity index (χ0) is 24.6. The first kappa shape index (κ1) is 27.1. The van der Waals surface area contributed by atoms with Gasteiger partial charge in [-0.05, 0) is 88.0 Å². The Bertz CT molecular complexity index is 780. The Labute approximate surface area is 199 Å². The van der Waals surface area contributed by atoms with Crippen LogP contribution in [-0.4, -0.2) is 41.9 Å². The SMILES string of the molecule is CC(C)CC(CC(C)C)C(C)(C(N)=O)c1ccc([N+](=O)[O-])c(NCCCN2CCCCC2)c1. The van der Waals surface area contributed by atoms with E-state index in [0.717, 1.165) is 44.5 Å². The summed E-state index contributed by atoms with van der Waals surface area (Å²) in [7, 11) is 0.